The summed E-state index contributed by atoms with van der Waals surface area (Å²) in [5.74, 6) is 1.38. The van der Waals surface area contributed by atoms with Crippen molar-refractivity contribution in [2.24, 2.45) is 0 Å². The van der Waals surface area contributed by atoms with Crippen LogP contribution in [0.2, 0.25) is 0 Å². The molecule has 0 N–H and O–H groups in total. The molecule has 0 aliphatic carbocycles. The van der Waals surface area contributed by atoms with Crippen molar-refractivity contribution in [3.8, 4) is 17.2 Å². The number of aromatic nitrogens is 1. The number of fused-ring (bicyclic) bond motifs is 1. The van der Waals surface area contributed by atoms with Crippen molar-refractivity contribution < 1.29 is 19.0 Å². The molecule has 0 fully saturated rings. The Balaban J connectivity index is 1.82. The fourth-order valence-corrected chi connectivity index (χ4v) is 4.47. The van der Waals surface area contributed by atoms with Crippen LogP contribution in [0.1, 0.15) is 22.8 Å². The molecule has 1 aromatic heterocycles. The molecule has 4 rings (SSSR count). The fourth-order valence-electron chi connectivity index (χ4n) is 3.49. The molecule has 0 saturated carbocycles. The van der Waals surface area contributed by atoms with E-state index in [1.54, 1.807) is 30.2 Å². The molecule has 0 unspecified atom stereocenters. The third-order valence-electron chi connectivity index (χ3n) is 4.96. The second-order valence-electron chi connectivity index (χ2n) is 6.95. The molecule has 1 heterocycles. The number of thiazole rings is 1. The highest BCUT2D eigenvalue weighted by atomic mass is 32.1. The van der Waals surface area contributed by atoms with Crippen LogP contribution in [0.15, 0.2) is 66.7 Å². The van der Waals surface area contributed by atoms with E-state index in [2.05, 4.69) is 0 Å². The van der Waals surface area contributed by atoms with Gasteiger partial charge in [-0.15, -0.1) is 0 Å². The maximum Gasteiger partial charge on any atom is 0.264 e. The van der Waals surface area contributed by atoms with Crippen LogP contribution in [0.3, 0.4) is 0 Å². The highest BCUT2D eigenvalue weighted by molar-refractivity contribution is 7.22. The number of ether oxygens (including phenoxy) is 3. The van der Waals surface area contributed by atoms with Gasteiger partial charge < -0.3 is 14.2 Å². The Kier molecular flexibility index (Phi) is 6.56. The largest absolute Gasteiger partial charge is 0.493 e. The molecular weight excluding hydrogens is 424 g/mol. The van der Waals surface area contributed by atoms with Gasteiger partial charge in [-0.05, 0) is 36.8 Å². The highest BCUT2D eigenvalue weighted by Crippen LogP contribution is 2.37. The molecule has 0 aliphatic rings. The summed E-state index contributed by atoms with van der Waals surface area (Å²) in [5, 5.41) is 0.589. The Bertz CT molecular complexity index is 1220. The van der Waals surface area contributed by atoms with Crippen LogP contribution in [-0.4, -0.2) is 31.7 Å². The average Bonchev–Trinajstić information content (AvgIpc) is 3.27. The molecule has 0 bridgehead atoms. The van der Waals surface area contributed by atoms with Gasteiger partial charge >= 0.3 is 0 Å². The lowest BCUT2D eigenvalue weighted by atomic mass is 10.1. The minimum atomic E-state index is -0.221. The van der Waals surface area contributed by atoms with Gasteiger partial charge in [0.15, 0.2) is 16.6 Å². The minimum Gasteiger partial charge on any atom is -0.493 e. The van der Waals surface area contributed by atoms with Gasteiger partial charge in [0, 0.05) is 0 Å². The van der Waals surface area contributed by atoms with Crippen molar-refractivity contribution >= 4 is 32.6 Å². The summed E-state index contributed by atoms with van der Waals surface area (Å²) in [5.41, 5.74) is 2.15. The molecule has 0 aliphatic heterocycles. The van der Waals surface area contributed by atoms with Crippen molar-refractivity contribution in [1.29, 1.82) is 0 Å². The number of nitrogens with zero attached hydrogens (tertiary/aromatic N) is 2. The average molecular weight is 449 g/mol. The standard InChI is InChI=1S/C25H24N2O4S/c1-4-31-19-13-9-15-21-22(19)26-25(32-21)27(16-17-10-6-5-7-11-17)24(28)18-12-8-14-20(29-2)23(18)30-3/h5-15H,4,16H2,1-3H3. The summed E-state index contributed by atoms with van der Waals surface area (Å²) in [4.78, 5) is 20.3. The fraction of sp³-hybridized carbons (Fsp3) is 0.200. The number of hydrogen-bond acceptors (Lipinski definition) is 6. The minimum absolute atomic E-state index is 0.221. The Morgan fingerprint density at radius 1 is 0.938 bits per heavy atom. The number of hydrogen-bond donors (Lipinski definition) is 0. The molecular formula is C25H24N2O4S. The van der Waals surface area contributed by atoms with Crippen molar-refractivity contribution in [3.63, 3.8) is 0 Å². The summed E-state index contributed by atoms with van der Waals surface area (Å²) in [6, 6.07) is 20.9. The molecule has 0 saturated heterocycles. The topological polar surface area (TPSA) is 60.9 Å². The summed E-state index contributed by atoms with van der Waals surface area (Å²) < 4.78 is 17.6. The predicted octanol–water partition coefficient (Wildman–Crippen LogP) is 5.56. The van der Waals surface area contributed by atoms with E-state index < -0.39 is 0 Å². The van der Waals surface area contributed by atoms with Crippen molar-refractivity contribution in [1.82, 2.24) is 4.98 Å². The first-order valence-electron chi connectivity index (χ1n) is 10.2. The lowest BCUT2D eigenvalue weighted by molar-refractivity contribution is 0.0981. The van der Waals surface area contributed by atoms with E-state index in [-0.39, 0.29) is 5.91 Å². The molecule has 0 radical (unpaired) electrons. The number of anilines is 1. The van der Waals surface area contributed by atoms with Gasteiger partial charge in [-0.1, -0.05) is 53.8 Å². The van der Waals surface area contributed by atoms with Crippen LogP contribution in [0, 0.1) is 0 Å². The Hall–Kier alpha value is -3.58. The molecule has 7 heteroatoms. The van der Waals surface area contributed by atoms with E-state index in [9.17, 15) is 4.79 Å². The SMILES string of the molecule is CCOc1cccc2sc(N(Cc3ccccc3)C(=O)c3cccc(OC)c3OC)nc12. The van der Waals surface area contributed by atoms with Gasteiger partial charge in [0.25, 0.3) is 5.91 Å². The lowest BCUT2D eigenvalue weighted by Gasteiger charge is -2.22. The molecule has 32 heavy (non-hydrogen) atoms. The number of methoxy groups -OCH3 is 2. The second-order valence-corrected chi connectivity index (χ2v) is 7.96. The predicted molar refractivity (Wildman–Crippen MR) is 127 cm³/mol. The summed E-state index contributed by atoms with van der Waals surface area (Å²) >= 11 is 1.45. The van der Waals surface area contributed by atoms with Gasteiger partial charge in [-0.2, -0.15) is 0 Å². The van der Waals surface area contributed by atoms with Crippen molar-refractivity contribution in [3.05, 3.63) is 77.9 Å². The maximum absolute atomic E-state index is 13.8. The summed E-state index contributed by atoms with van der Waals surface area (Å²) in [6.45, 7) is 2.84. The summed E-state index contributed by atoms with van der Waals surface area (Å²) in [7, 11) is 3.08. The normalized spacial score (nSPS) is 10.7. The third-order valence-corrected chi connectivity index (χ3v) is 6.01. The van der Waals surface area contributed by atoms with Crippen LogP contribution >= 0.6 is 11.3 Å². The molecule has 0 spiro atoms. The van der Waals surface area contributed by atoms with E-state index in [4.69, 9.17) is 19.2 Å². The number of para-hydroxylation sites is 2. The van der Waals surface area contributed by atoms with Crippen LogP contribution in [0.25, 0.3) is 10.2 Å². The molecule has 4 aromatic rings. The van der Waals surface area contributed by atoms with Gasteiger partial charge in [-0.3, -0.25) is 9.69 Å². The highest BCUT2D eigenvalue weighted by Gasteiger charge is 2.26. The first kappa shape index (κ1) is 21.6. The van der Waals surface area contributed by atoms with Crippen molar-refractivity contribution in [2.75, 3.05) is 25.7 Å². The summed E-state index contributed by atoms with van der Waals surface area (Å²) in [6.07, 6.45) is 0. The molecule has 164 valence electrons. The lowest BCUT2D eigenvalue weighted by Crippen LogP contribution is -2.30. The third kappa shape index (κ3) is 4.24. The first-order chi connectivity index (χ1) is 15.7. The van der Waals surface area contributed by atoms with Crippen LogP contribution in [-0.2, 0) is 6.54 Å². The number of benzene rings is 3. The van der Waals surface area contributed by atoms with Gasteiger partial charge in [0.2, 0.25) is 0 Å². The first-order valence-corrected chi connectivity index (χ1v) is 11.1. The monoisotopic (exact) mass is 448 g/mol. The van der Waals surface area contributed by atoms with E-state index >= 15 is 0 Å². The zero-order valence-corrected chi connectivity index (χ0v) is 19.0. The quantitative estimate of drug-likeness (QED) is 0.353. The second kappa shape index (κ2) is 9.70. The van der Waals surface area contributed by atoms with E-state index in [1.165, 1.54) is 18.4 Å². The van der Waals surface area contributed by atoms with Crippen LogP contribution in [0.5, 0.6) is 17.2 Å². The maximum atomic E-state index is 13.8. The zero-order chi connectivity index (χ0) is 22.5. The van der Waals surface area contributed by atoms with E-state index in [0.717, 1.165) is 15.8 Å². The van der Waals surface area contributed by atoms with E-state index in [1.807, 2.05) is 55.5 Å². The number of carbonyl (C=O) groups is 1. The van der Waals surface area contributed by atoms with Crippen LogP contribution in [0.4, 0.5) is 5.13 Å². The van der Waals surface area contributed by atoms with Gasteiger partial charge in [0.05, 0.1) is 37.6 Å². The van der Waals surface area contributed by atoms with Crippen molar-refractivity contribution in [2.45, 2.75) is 13.5 Å². The molecule has 3 aromatic carbocycles. The zero-order valence-electron chi connectivity index (χ0n) is 18.2. The Labute approximate surface area is 191 Å². The van der Waals surface area contributed by atoms with Crippen LogP contribution < -0.4 is 19.1 Å². The smallest absolute Gasteiger partial charge is 0.264 e. The number of carbonyl (C=O) groups excluding carboxylic acids is 1. The van der Waals surface area contributed by atoms with Gasteiger partial charge in [0.1, 0.15) is 11.3 Å². The molecule has 0 atom stereocenters. The van der Waals surface area contributed by atoms with E-state index in [0.29, 0.717) is 41.1 Å². The molecule has 1 amide bonds. The van der Waals surface area contributed by atoms with Gasteiger partial charge in [-0.25, -0.2) is 4.98 Å². The Morgan fingerprint density at radius 2 is 1.69 bits per heavy atom. The molecule has 6 nitrogen and oxygen atoms in total. The number of rotatable bonds is 8. The Morgan fingerprint density at radius 3 is 2.41 bits per heavy atom. The number of amides is 1.